The summed E-state index contributed by atoms with van der Waals surface area (Å²) in [6, 6.07) is 2.91. The van der Waals surface area contributed by atoms with Gasteiger partial charge >= 0.3 is 6.18 Å². The molecular formula is C14H17BrF3NO2. The van der Waals surface area contributed by atoms with Crippen molar-refractivity contribution in [2.45, 2.75) is 26.1 Å². The van der Waals surface area contributed by atoms with Gasteiger partial charge in [-0.3, -0.25) is 4.79 Å². The predicted octanol–water partition coefficient (Wildman–Crippen LogP) is 3.96. The number of alkyl halides is 3. The van der Waals surface area contributed by atoms with Gasteiger partial charge in [-0.05, 0) is 48.0 Å². The molecule has 21 heavy (non-hydrogen) atoms. The molecule has 0 aliphatic rings. The molecule has 0 bridgehead atoms. The van der Waals surface area contributed by atoms with Crippen molar-refractivity contribution in [3.05, 3.63) is 33.8 Å². The van der Waals surface area contributed by atoms with E-state index in [0.29, 0.717) is 17.6 Å². The van der Waals surface area contributed by atoms with E-state index in [9.17, 15) is 18.0 Å². The third-order valence-electron chi connectivity index (χ3n) is 2.94. The fourth-order valence-corrected chi connectivity index (χ4v) is 2.22. The van der Waals surface area contributed by atoms with Crippen molar-refractivity contribution in [3.63, 3.8) is 0 Å². The molecule has 0 unspecified atom stereocenters. The Kier molecular flexibility index (Phi) is 6.22. The van der Waals surface area contributed by atoms with Gasteiger partial charge in [-0.2, -0.15) is 13.2 Å². The lowest BCUT2D eigenvalue weighted by Gasteiger charge is -2.27. The van der Waals surface area contributed by atoms with E-state index < -0.39 is 17.6 Å². The van der Waals surface area contributed by atoms with Crippen LogP contribution in [0.3, 0.4) is 0 Å². The summed E-state index contributed by atoms with van der Waals surface area (Å²) in [6.07, 6.45) is -4.48. The van der Waals surface area contributed by atoms with Gasteiger partial charge in [0, 0.05) is 24.2 Å². The van der Waals surface area contributed by atoms with E-state index in [-0.39, 0.29) is 11.6 Å². The van der Waals surface area contributed by atoms with Crippen LogP contribution in [0, 0.1) is 0 Å². The van der Waals surface area contributed by atoms with Crippen molar-refractivity contribution < 1.29 is 22.7 Å². The fourth-order valence-electron chi connectivity index (χ4n) is 1.80. The zero-order valence-corrected chi connectivity index (χ0v) is 13.6. The van der Waals surface area contributed by atoms with Gasteiger partial charge in [0.25, 0.3) is 5.91 Å². The number of nitrogens with zero attached hydrogens (tertiary/aromatic N) is 1. The van der Waals surface area contributed by atoms with Gasteiger partial charge in [-0.15, -0.1) is 0 Å². The molecule has 0 fully saturated rings. The zero-order chi connectivity index (χ0) is 16.2. The summed E-state index contributed by atoms with van der Waals surface area (Å²) in [5.41, 5.74) is -0.848. The summed E-state index contributed by atoms with van der Waals surface area (Å²) in [5.74, 6) is -0.458. The molecule has 3 nitrogen and oxygen atoms in total. The first kappa shape index (κ1) is 18.0. The number of hydrogen-bond donors (Lipinski definition) is 0. The van der Waals surface area contributed by atoms with Crippen molar-refractivity contribution in [2.75, 3.05) is 20.3 Å². The van der Waals surface area contributed by atoms with Crippen molar-refractivity contribution in [1.29, 1.82) is 0 Å². The molecule has 0 radical (unpaired) electrons. The molecule has 0 N–H and O–H groups in total. The van der Waals surface area contributed by atoms with Gasteiger partial charge in [0.2, 0.25) is 0 Å². The van der Waals surface area contributed by atoms with E-state index in [4.69, 9.17) is 4.74 Å². The minimum Gasteiger partial charge on any atom is -0.383 e. The van der Waals surface area contributed by atoms with Gasteiger partial charge in [0.15, 0.2) is 0 Å². The maximum absolute atomic E-state index is 12.8. The standard InChI is InChI=1S/C14H17BrF3NO2/c1-9(2)19(6-7-21-3)13(20)11-8-10(14(16,17)18)4-5-12(11)15/h4-5,8-9H,6-7H2,1-3H3. The summed E-state index contributed by atoms with van der Waals surface area (Å²) >= 11 is 3.14. The molecule has 0 heterocycles. The third-order valence-corrected chi connectivity index (χ3v) is 3.64. The number of carbonyl (C=O) groups excluding carboxylic acids is 1. The molecule has 0 aromatic heterocycles. The topological polar surface area (TPSA) is 29.5 Å². The quantitative estimate of drug-likeness (QED) is 0.787. The second-order valence-corrected chi connectivity index (χ2v) is 5.63. The average molecular weight is 368 g/mol. The smallest absolute Gasteiger partial charge is 0.383 e. The van der Waals surface area contributed by atoms with Gasteiger partial charge < -0.3 is 9.64 Å². The Hall–Kier alpha value is -1.08. The first-order chi connectivity index (χ1) is 9.68. The number of halogens is 4. The summed E-state index contributed by atoms with van der Waals surface area (Å²) in [5, 5.41) is 0. The second-order valence-electron chi connectivity index (χ2n) is 4.78. The van der Waals surface area contributed by atoms with Crippen LogP contribution in [-0.4, -0.2) is 37.1 Å². The lowest BCUT2D eigenvalue weighted by molar-refractivity contribution is -0.137. The minimum absolute atomic E-state index is 0.00497. The van der Waals surface area contributed by atoms with Crippen LogP contribution < -0.4 is 0 Å². The normalized spacial score (nSPS) is 11.8. The Morgan fingerprint density at radius 1 is 1.38 bits per heavy atom. The van der Waals surface area contributed by atoms with Gasteiger partial charge in [0.05, 0.1) is 17.7 Å². The molecule has 0 atom stereocenters. The third kappa shape index (κ3) is 4.71. The van der Waals surface area contributed by atoms with Crippen LogP contribution in [-0.2, 0) is 10.9 Å². The van der Waals surface area contributed by atoms with Crippen molar-refractivity contribution >= 4 is 21.8 Å². The average Bonchev–Trinajstić information content (AvgIpc) is 2.37. The molecule has 0 aliphatic carbocycles. The highest BCUT2D eigenvalue weighted by Crippen LogP contribution is 2.32. The summed E-state index contributed by atoms with van der Waals surface area (Å²) in [6.45, 7) is 4.24. The number of hydrogen-bond acceptors (Lipinski definition) is 2. The Morgan fingerprint density at radius 2 is 2.00 bits per heavy atom. The van der Waals surface area contributed by atoms with Crippen LogP contribution in [0.4, 0.5) is 13.2 Å². The molecule has 1 rings (SSSR count). The van der Waals surface area contributed by atoms with E-state index in [1.54, 1.807) is 13.8 Å². The molecular weight excluding hydrogens is 351 g/mol. The maximum atomic E-state index is 12.8. The molecule has 0 spiro atoms. The highest BCUT2D eigenvalue weighted by Gasteiger charge is 2.32. The van der Waals surface area contributed by atoms with Crippen LogP contribution in [0.25, 0.3) is 0 Å². The summed E-state index contributed by atoms with van der Waals surface area (Å²) < 4.78 is 43.6. The Balaban J connectivity index is 3.15. The molecule has 0 aliphatic heterocycles. The number of ether oxygens (including phenoxy) is 1. The number of carbonyl (C=O) groups is 1. The van der Waals surface area contributed by atoms with Crippen LogP contribution in [0.1, 0.15) is 29.8 Å². The van der Waals surface area contributed by atoms with E-state index in [2.05, 4.69) is 15.9 Å². The van der Waals surface area contributed by atoms with Crippen LogP contribution >= 0.6 is 15.9 Å². The number of benzene rings is 1. The van der Waals surface area contributed by atoms with Gasteiger partial charge in [-0.25, -0.2) is 0 Å². The van der Waals surface area contributed by atoms with Crippen molar-refractivity contribution in [1.82, 2.24) is 4.90 Å². The largest absolute Gasteiger partial charge is 0.416 e. The highest BCUT2D eigenvalue weighted by molar-refractivity contribution is 9.10. The van der Waals surface area contributed by atoms with Crippen molar-refractivity contribution in [3.8, 4) is 0 Å². The SMILES string of the molecule is COCCN(C(=O)c1cc(C(F)(F)F)ccc1Br)C(C)C. The van der Waals surface area contributed by atoms with Crippen LogP contribution in [0.5, 0.6) is 0 Å². The predicted molar refractivity (Wildman–Crippen MR) is 77.2 cm³/mol. The van der Waals surface area contributed by atoms with Gasteiger partial charge in [0.1, 0.15) is 0 Å². The molecule has 1 aromatic carbocycles. The fraction of sp³-hybridized carbons (Fsp3) is 0.500. The van der Waals surface area contributed by atoms with E-state index in [1.807, 2.05) is 0 Å². The van der Waals surface area contributed by atoms with E-state index in [0.717, 1.165) is 12.1 Å². The molecule has 7 heteroatoms. The Morgan fingerprint density at radius 3 is 2.48 bits per heavy atom. The monoisotopic (exact) mass is 367 g/mol. The number of rotatable bonds is 5. The number of methoxy groups -OCH3 is 1. The zero-order valence-electron chi connectivity index (χ0n) is 12.0. The molecule has 118 valence electrons. The van der Waals surface area contributed by atoms with Crippen LogP contribution in [0.2, 0.25) is 0 Å². The highest BCUT2D eigenvalue weighted by atomic mass is 79.9. The molecule has 1 amide bonds. The van der Waals surface area contributed by atoms with Crippen molar-refractivity contribution in [2.24, 2.45) is 0 Å². The first-order valence-corrected chi connectivity index (χ1v) is 7.14. The summed E-state index contributed by atoms with van der Waals surface area (Å²) in [7, 11) is 1.50. The minimum atomic E-state index is -4.48. The molecule has 0 saturated carbocycles. The molecule has 0 saturated heterocycles. The van der Waals surface area contributed by atoms with Gasteiger partial charge in [-0.1, -0.05) is 0 Å². The summed E-state index contributed by atoms with van der Waals surface area (Å²) in [4.78, 5) is 13.9. The Bertz CT molecular complexity index is 503. The van der Waals surface area contributed by atoms with E-state index in [1.165, 1.54) is 18.1 Å². The van der Waals surface area contributed by atoms with Crippen LogP contribution in [0.15, 0.2) is 22.7 Å². The van der Waals surface area contributed by atoms with E-state index >= 15 is 0 Å². The Labute approximate surface area is 130 Å². The lowest BCUT2D eigenvalue weighted by atomic mass is 10.1. The second kappa shape index (κ2) is 7.26. The first-order valence-electron chi connectivity index (χ1n) is 6.35. The maximum Gasteiger partial charge on any atom is 0.416 e. The lowest BCUT2D eigenvalue weighted by Crippen LogP contribution is -2.39. The number of amides is 1. The molecule has 1 aromatic rings.